The molecule has 1 amide bonds. The smallest absolute Gasteiger partial charge is 0.275 e. The molecule has 0 bridgehead atoms. The maximum Gasteiger partial charge on any atom is 0.275 e. The van der Waals surface area contributed by atoms with E-state index in [9.17, 15) is 4.79 Å². The van der Waals surface area contributed by atoms with Crippen molar-refractivity contribution in [3.05, 3.63) is 48.8 Å². The number of aromatic nitrogens is 4. The Balaban J connectivity index is 1.50. The predicted molar refractivity (Wildman–Crippen MR) is 108 cm³/mol. The summed E-state index contributed by atoms with van der Waals surface area (Å²) in [4.78, 5) is 27.7. The number of nitrogens with zero attached hydrogens (tertiary/aromatic N) is 5. The Labute approximate surface area is 168 Å². The lowest BCUT2D eigenvalue weighted by molar-refractivity contribution is 0.102. The number of amides is 1. The molecule has 0 radical (unpaired) electrons. The first-order valence-electron chi connectivity index (χ1n) is 9.32. The van der Waals surface area contributed by atoms with E-state index in [4.69, 9.17) is 9.47 Å². The van der Waals surface area contributed by atoms with Gasteiger partial charge in [-0.15, -0.1) is 0 Å². The summed E-state index contributed by atoms with van der Waals surface area (Å²) in [6.45, 7) is 2.00. The van der Waals surface area contributed by atoms with Crippen LogP contribution < -0.4 is 19.7 Å². The number of imidazole rings is 1. The Kier molecular flexibility index (Phi) is 5.28. The van der Waals surface area contributed by atoms with Crippen LogP contribution in [0.15, 0.2) is 43.1 Å². The molecule has 0 unspecified atom stereocenters. The molecule has 1 aromatic carbocycles. The van der Waals surface area contributed by atoms with Crippen LogP contribution in [0.4, 0.5) is 11.5 Å². The quantitative estimate of drug-likeness (QED) is 0.686. The standard InChI is InChI=1S/C20H22N6O3/c1-28-16-6-5-14(9-17(16)29-2)24-20(27)15-11-26(13-23-15)19-10-18(21-12-22-19)25-7-3-4-8-25/h5-6,9-13H,3-4,7-8H2,1-2H3,(H,24,27). The van der Waals surface area contributed by atoms with E-state index < -0.39 is 0 Å². The van der Waals surface area contributed by atoms with Crippen LogP contribution in [0.1, 0.15) is 23.3 Å². The van der Waals surface area contributed by atoms with Gasteiger partial charge < -0.3 is 19.7 Å². The molecule has 1 aliphatic heterocycles. The van der Waals surface area contributed by atoms with Crippen LogP contribution in [-0.4, -0.2) is 52.7 Å². The van der Waals surface area contributed by atoms with Gasteiger partial charge in [-0.05, 0) is 25.0 Å². The van der Waals surface area contributed by atoms with Gasteiger partial charge in [0, 0.05) is 37.1 Å². The van der Waals surface area contributed by atoms with Gasteiger partial charge >= 0.3 is 0 Å². The molecule has 0 aliphatic carbocycles. The molecule has 29 heavy (non-hydrogen) atoms. The van der Waals surface area contributed by atoms with Crippen LogP contribution in [0.5, 0.6) is 11.5 Å². The highest BCUT2D eigenvalue weighted by atomic mass is 16.5. The van der Waals surface area contributed by atoms with E-state index in [2.05, 4.69) is 25.2 Å². The van der Waals surface area contributed by atoms with E-state index in [0.717, 1.165) is 18.9 Å². The molecule has 3 aromatic rings. The summed E-state index contributed by atoms with van der Waals surface area (Å²) in [5.74, 6) is 2.35. The second kappa shape index (κ2) is 8.17. The average molecular weight is 394 g/mol. The number of ether oxygens (including phenoxy) is 2. The number of carbonyl (C=O) groups is 1. The fraction of sp³-hybridized carbons (Fsp3) is 0.300. The Morgan fingerprint density at radius 3 is 2.52 bits per heavy atom. The maximum absolute atomic E-state index is 12.6. The zero-order valence-electron chi connectivity index (χ0n) is 16.3. The van der Waals surface area contributed by atoms with E-state index in [1.807, 2.05) is 6.07 Å². The molecule has 1 saturated heterocycles. The second-order valence-electron chi connectivity index (χ2n) is 6.62. The minimum absolute atomic E-state index is 0.279. The molecule has 1 aliphatic rings. The molecule has 4 rings (SSSR count). The molecule has 9 heteroatoms. The summed E-state index contributed by atoms with van der Waals surface area (Å²) in [6.07, 6.45) is 7.09. The third-order valence-electron chi connectivity index (χ3n) is 4.79. The highest BCUT2D eigenvalue weighted by Crippen LogP contribution is 2.30. The van der Waals surface area contributed by atoms with Gasteiger partial charge in [0.1, 0.15) is 30.0 Å². The fourth-order valence-electron chi connectivity index (χ4n) is 3.27. The normalized spacial score (nSPS) is 13.4. The Hall–Kier alpha value is -3.62. The summed E-state index contributed by atoms with van der Waals surface area (Å²) < 4.78 is 12.2. The average Bonchev–Trinajstić information content (AvgIpc) is 3.46. The van der Waals surface area contributed by atoms with Crippen molar-refractivity contribution in [1.29, 1.82) is 0 Å². The van der Waals surface area contributed by atoms with Gasteiger partial charge in [-0.2, -0.15) is 0 Å². The maximum atomic E-state index is 12.6. The first-order valence-corrected chi connectivity index (χ1v) is 9.32. The largest absolute Gasteiger partial charge is 0.493 e. The number of rotatable bonds is 6. The third kappa shape index (κ3) is 3.98. The van der Waals surface area contributed by atoms with E-state index in [-0.39, 0.29) is 11.6 Å². The molecule has 2 aromatic heterocycles. The van der Waals surface area contributed by atoms with Gasteiger partial charge in [0.05, 0.1) is 14.2 Å². The number of hydrogen-bond donors (Lipinski definition) is 1. The third-order valence-corrected chi connectivity index (χ3v) is 4.79. The van der Waals surface area contributed by atoms with Crippen LogP contribution in [0.25, 0.3) is 5.82 Å². The van der Waals surface area contributed by atoms with Crippen LogP contribution in [0, 0.1) is 0 Å². The molecule has 1 fully saturated rings. The van der Waals surface area contributed by atoms with Gasteiger partial charge in [-0.3, -0.25) is 9.36 Å². The lowest BCUT2D eigenvalue weighted by Gasteiger charge is -2.16. The summed E-state index contributed by atoms with van der Waals surface area (Å²) in [5.41, 5.74) is 0.863. The highest BCUT2D eigenvalue weighted by Gasteiger charge is 2.16. The number of anilines is 2. The van der Waals surface area contributed by atoms with Crippen LogP contribution >= 0.6 is 0 Å². The van der Waals surface area contributed by atoms with Crippen molar-refractivity contribution >= 4 is 17.4 Å². The van der Waals surface area contributed by atoms with E-state index in [0.29, 0.717) is 23.0 Å². The Morgan fingerprint density at radius 1 is 1.00 bits per heavy atom. The highest BCUT2D eigenvalue weighted by molar-refractivity contribution is 6.02. The van der Waals surface area contributed by atoms with E-state index in [1.165, 1.54) is 19.2 Å². The van der Waals surface area contributed by atoms with Crippen LogP contribution in [0.3, 0.4) is 0 Å². The second-order valence-corrected chi connectivity index (χ2v) is 6.62. The van der Waals surface area contributed by atoms with Gasteiger partial charge in [-0.1, -0.05) is 0 Å². The fourth-order valence-corrected chi connectivity index (χ4v) is 3.27. The van der Waals surface area contributed by atoms with E-state index >= 15 is 0 Å². The van der Waals surface area contributed by atoms with Gasteiger partial charge in [-0.25, -0.2) is 15.0 Å². The van der Waals surface area contributed by atoms with Gasteiger partial charge in [0.15, 0.2) is 11.5 Å². The predicted octanol–water partition coefficient (Wildman–Crippen LogP) is 2.53. The Morgan fingerprint density at radius 2 is 1.76 bits per heavy atom. The molecule has 3 heterocycles. The zero-order valence-corrected chi connectivity index (χ0v) is 16.3. The van der Waals surface area contributed by atoms with Crippen molar-refractivity contribution in [2.75, 3.05) is 37.5 Å². The van der Waals surface area contributed by atoms with Crippen molar-refractivity contribution in [3.8, 4) is 17.3 Å². The minimum Gasteiger partial charge on any atom is -0.493 e. The summed E-state index contributed by atoms with van der Waals surface area (Å²) in [7, 11) is 3.11. The van der Waals surface area contributed by atoms with Crippen molar-refractivity contribution < 1.29 is 14.3 Å². The molecule has 9 nitrogen and oxygen atoms in total. The van der Waals surface area contributed by atoms with Gasteiger partial charge in [0.2, 0.25) is 0 Å². The van der Waals surface area contributed by atoms with Gasteiger partial charge in [0.25, 0.3) is 5.91 Å². The number of hydrogen-bond acceptors (Lipinski definition) is 7. The number of benzene rings is 1. The topological polar surface area (TPSA) is 94.4 Å². The summed E-state index contributed by atoms with van der Waals surface area (Å²) in [5, 5.41) is 2.81. The van der Waals surface area contributed by atoms with Crippen molar-refractivity contribution in [1.82, 2.24) is 19.5 Å². The molecular weight excluding hydrogens is 372 g/mol. The first kappa shape index (κ1) is 18.7. The SMILES string of the molecule is COc1ccc(NC(=O)c2cn(-c3cc(N4CCCC4)ncn3)cn2)cc1OC. The minimum atomic E-state index is -0.329. The molecular formula is C20H22N6O3. The van der Waals surface area contributed by atoms with E-state index in [1.54, 1.807) is 49.5 Å². The van der Waals surface area contributed by atoms with Crippen LogP contribution in [0.2, 0.25) is 0 Å². The van der Waals surface area contributed by atoms with Crippen molar-refractivity contribution in [2.45, 2.75) is 12.8 Å². The number of methoxy groups -OCH3 is 2. The Bertz CT molecular complexity index is 1010. The summed E-state index contributed by atoms with van der Waals surface area (Å²) >= 11 is 0. The first-order chi connectivity index (χ1) is 14.2. The molecule has 0 saturated carbocycles. The molecule has 1 N–H and O–H groups in total. The number of carbonyl (C=O) groups excluding carboxylic acids is 1. The zero-order chi connectivity index (χ0) is 20.2. The number of nitrogens with one attached hydrogen (secondary N) is 1. The van der Waals surface area contributed by atoms with Crippen molar-refractivity contribution in [3.63, 3.8) is 0 Å². The van der Waals surface area contributed by atoms with Crippen LogP contribution in [-0.2, 0) is 0 Å². The lowest BCUT2D eigenvalue weighted by Crippen LogP contribution is -2.19. The summed E-state index contributed by atoms with van der Waals surface area (Å²) in [6, 6.07) is 7.07. The van der Waals surface area contributed by atoms with Crippen molar-refractivity contribution in [2.24, 2.45) is 0 Å². The molecule has 0 spiro atoms. The lowest BCUT2D eigenvalue weighted by atomic mass is 10.2. The monoisotopic (exact) mass is 394 g/mol. The molecule has 0 atom stereocenters. The molecule has 150 valence electrons.